The molecule has 0 spiro atoms. The van der Waals surface area contributed by atoms with Crippen LogP contribution in [0.1, 0.15) is 25.3 Å². The second-order valence-electron chi connectivity index (χ2n) is 5.24. The topological polar surface area (TPSA) is 81.4 Å². The number of rotatable bonds is 3. The fraction of sp³-hybridized carbons (Fsp3) is 0.500. The van der Waals surface area contributed by atoms with Gasteiger partial charge in [-0.1, -0.05) is 11.6 Å². The minimum absolute atomic E-state index is 0.0991. The lowest BCUT2D eigenvalue weighted by atomic mass is 9.93. The van der Waals surface area contributed by atoms with Crippen LogP contribution in [0.15, 0.2) is 23.1 Å². The van der Waals surface area contributed by atoms with Crippen LogP contribution in [0, 0.1) is 17.2 Å². The second kappa shape index (κ2) is 6.32. The molecule has 1 aliphatic heterocycles. The number of hydrogen-bond donors (Lipinski definition) is 1. The van der Waals surface area contributed by atoms with Gasteiger partial charge < -0.3 is 5.11 Å². The Morgan fingerprint density at radius 1 is 1.43 bits per heavy atom. The van der Waals surface area contributed by atoms with Crippen LogP contribution < -0.4 is 0 Å². The zero-order chi connectivity index (χ0) is 15.6. The third-order valence-corrected chi connectivity index (χ3v) is 6.09. The summed E-state index contributed by atoms with van der Waals surface area (Å²) in [7, 11) is -3.60. The van der Waals surface area contributed by atoms with Gasteiger partial charge in [0, 0.05) is 13.1 Å². The van der Waals surface area contributed by atoms with Crippen molar-refractivity contribution in [1.82, 2.24) is 4.31 Å². The summed E-state index contributed by atoms with van der Waals surface area (Å²) in [5.74, 6) is 0.140. The summed E-state index contributed by atoms with van der Waals surface area (Å²) in [6, 6.07) is 6.04. The molecule has 2 rings (SSSR count). The SMILES string of the molecule is CC(O)C1CCN(S(=O)(=O)c2ccc(C#N)c(Cl)c2)CC1. The van der Waals surface area contributed by atoms with Gasteiger partial charge in [0.25, 0.3) is 0 Å². The van der Waals surface area contributed by atoms with Crippen LogP contribution in [-0.2, 0) is 10.0 Å². The molecule has 1 N–H and O–H groups in total. The maximum Gasteiger partial charge on any atom is 0.243 e. The largest absolute Gasteiger partial charge is 0.393 e. The summed E-state index contributed by atoms with van der Waals surface area (Å²) in [4.78, 5) is 0.0991. The van der Waals surface area contributed by atoms with Crippen LogP contribution >= 0.6 is 11.6 Å². The van der Waals surface area contributed by atoms with Crippen LogP contribution in [0.2, 0.25) is 5.02 Å². The number of benzene rings is 1. The van der Waals surface area contributed by atoms with E-state index in [0.717, 1.165) is 0 Å². The van der Waals surface area contributed by atoms with E-state index >= 15 is 0 Å². The average Bonchev–Trinajstić information content (AvgIpc) is 2.47. The van der Waals surface area contributed by atoms with Gasteiger partial charge in [-0.05, 0) is 43.9 Å². The van der Waals surface area contributed by atoms with E-state index in [0.29, 0.717) is 25.9 Å². The Hall–Kier alpha value is -1.13. The lowest BCUT2D eigenvalue weighted by Gasteiger charge is -2.32. The Kier molecular flexibility index (Phi) is 4.89. The molecule has 0 amide bonds. The highest BCUT2D eigenvalue weighted by molar-refractivity contribution is 7.89. The zero-order valence-corrected chi connectivity index (χ0v) is 13.2. The number of halogens is 1. The van der Waals surface area contributed by atoms with E-state index in [-0.39, 0.29) is 21.4 Å². The molecule has 5 nitrogen and oxygen atoms in total. The summed E-state index contributed by atoms with van der Waals surface area (Å²) in [5.41, 5.74) is 0.253. The lowest BCUT2D eigenvalue weighted by Crippen LogP contribution is -2.40. The maximum absolute atomic E-state index is 12.5. The molecule has 0 saturated carbocycles. The maximum atomic E-state index is 12.5. The predicted molar refractivity (Wildman–Crippen MR) is 79.3 cm³/mol. The molecule has 1 atom stereocenters. The van der Waals surface area contributed by atoms with Crippen molar-refractivity contribution in [3.8, 4) is 6.07 Å². The highest BCUT2D eigenvalue weighted by Gasteiger charge is 2.31. The van der Waals surface area contributed by atoms with Crippen molar-refractivity contribution in [1.29, 1.82) is 5.26 Å². The van der Waals surface area contributed by atoms with Gasteiger partial charge in [-0.25, -0.2) is 8.42 Å². The lowest BCUT2D eigenvalue weighted by molar-refractivity contribution is 0.0912. The van der Waals surface area contributed by atoms with Crippen molar-refractivity contribution >= 4 is 21.6 Å². The number of piperidine rings is 1. The molecular formula is C14H17ClN2O3S. The molecule has 7 heteroatoms. The van der Waals surface area contributed by atoms with Gasteiger partial charge >= 0.3 is 0 Å². The van der Waals surface area contributed by atoms with Crippen molar-refractivity contribution < 1.29 is 13.5 Å². The Morgan fingerprint density at radius 3 is 2.52 bits per heavy atom. The molecular weight excluding hydrogens is 312 g/mol. The normalized spacial score (nSPS) is 19.1. The second-order valence-corrected chi connectivity index (χ2v) is 7.58. The van der Waals surface area contributed by atoms with E-state index in [4.69, 9.17) is 16.9 Å². The van der Waals surface area contributed by atoms with E-state index in [1.54, 1.807) is 6.92 Å². The van der Waals surface area contributed by atoms with Crippen molar-refractivity contribution in [3.63, 3.8) is 0 Å². The minimum atomic E-state index is -3.60. The van der Waals surface area contributed by atoms with Gasteiger partial charge in [-0.3, -0.25) is 0 Å². The van der Waals surface area contributed by atoms with E-state index in [9.17, 15) is 13.5 Å². The van der Waals surface area contributed by atoms with E-state index in [2.05, 4.69) is 0 Å². The van der Waals surface area contributed by atoms with Crippen LogP contribution in [0.25, 0.3) is 0 Å². The smallest absolute Gasteiger partial charge is 0.243 e. The van der Waals surface area contributed by atoms with Crippen LogP contribution in [0.4, 0.5) is 0 Å². The van der Waals surface area contributed by atoms with Crippen LogP contribution in [0.5, 0.6) is 0 Å². The van der Waals surface area contributed by atoms with E-state index in [1.165, 1.54) is 22.5 Å². The van der Waals surface area contributed by atoms with E-state index < -0.39 is 16.1 Å². The molecule has 1 heterocycles. The summed E-state index contributed by atoms with van der Waals surface area (Å²) in [5, 5.41) is 18.5. The average molecular weight is 329 g/mol. The van der Waals surface area contributed by atoms with Gasteiger partial charge in [0.2, 0.25) is 10.0 Å². The molecule has 1 aromatic rings. The van der Waals surface area contributed by atoms with Crippen molar-refractivity contribution in [2.24, 2.45) is 5.92 Å². The standard InChI is InChI=1S/C14H17ClN2O3S/c1-10(18)11-4-6-17(7-5-11)21(19,20)13-3-2-12(9-16)14(15)8-13/h2-3,8,10-11,18H,4-7H2,1H3. The third-order valence-electron chi connectivity index (χ3n) is 3.88. The van der Waals surface area contributed by atoms with Gasteiger partial charge in [0.05, 0.1) is 21.6 Å². The van der Waals surface area contributed by atoms with Crippen molar-refractivity contribution in [3.05, 3.63) is 28.8 Å². The molecule has 1 aliphatic rings. The quantitative estimate of drug-likeness (QED) is 0.920. The number of aliphatic hydroxyl groups is 1. The fourth-order valence-corrected chi connectivity index (χ4v) is 4.28. The summed E-state index contributed by atoms with van der Waals surface area (Å²) in [6.07, 6.45) is 0.862. The fourth-order valence-electron chi connectivity index (χ4n) is 2.49. The molecule has 1 fully saturated rings. The van der Waals surface area contributed by atoms with Crippen LogP contribution in [0.3, 0.4) is 0 Å². The molecule has 1 unspecified atom stereocenters. The number of sulfonamides is 1. The first-order valence-electron chi connectivity index (χ1n) is 6.74. The Labute approximate surface area is 129 Å². The summed E-state index contributed by atoms with van der Waals surface area (Å²) >= 11 is 5.90. The highest BCUT2D eigenvalue weighted by Crippen LogP contribution is 2.27. The van der Waals surface area contributed by atoms with Gasteiger partial charge in [-0.15, -0.1) is 0 Å². The molecule has 0 bridgehead atoms. The third kappa shape index (κ3) is 3.38. The van der Waals surface area contributed by atoms with Crippen molar-refractivity contribution in [2.75, 3.05) is 13.1 Å². The molecule has 21 heavy (non-hydrogen) atoms. The zero-order valence-electron chi connectivity index (χ0n) is 11.7. The molecule has 114 valence electrons. The number of aliphatic hydroxyl groups excluding tert-OH is 1. The first kappa shape index (κ1) is 16.2. The monoisotopic (exact) mass is 328 g/mol. The van der Waals surface area contributed by atoms with Gasteiger partial charge in [0.15, 0.2) is 0 Å². The predicted octanol–water partition coefficient (Wildman–Crippen LogP) is 1.99. The Morgan fingerprint density at radius 2 is 2.05 bits per heavy atom. The first-order valence-corrected chi connectivity index (χ1v) is 8.56. The molecule has 0 aromatic heterocycles. The summed E-state index contributed by atoms with van der Waals surface area (Å²) < 4.78 is 26.5. The van der Waals surface area contributed by atoms with E-state index in [1.807, 2.05) is 6.07 Å². The molecule has 0 radical (unpaired) electrons. The minimum Gasteiger partial charge on any atom is -0.393 e. The van der Waals surface area contributed by atoms with Crippen LogP contribution in [-0.4, -0.2) is 37.0 Å². The Bertz CT molecular complexity index is 659. The van der Waals surface area contributed by atoms with Gasteiger partial charge in [-0.2, -0.15) is 9.57 Å². The number of nitrogens with zero attached hydrogens (tertiary/aromatic N) is 2. The Balaban J connectivity index is 2.20. The number of nitriles is 1. The molecule has 1 aromatic carbocycles. The van der Waals surface area contributed by atoms with Gasteiger partial charge in [0.1, 0.15) is 6.07 Å². The molecule has 1 saturated heterocycles. The highest BCUT2D eigenvalue weighted by atomic mass is 35.5. The van der Waals surface area contributed by atoms with Crippen molar-refractivity contribution in [2.45, 2.75) is 30.8 Å². The molecule has 0 aliphatic carbocycles. The number of hydrogen-bond acceptors (Lipinski definition) is 4. The first-order chi connectivity index (χ1) is 9.86. The summed E-state index contributed by atoms with van der Waals surface area (Å²) in [6.45, 7) is 2.50.